The minimum Gasteiger partial charge on any atom is -0.394 e. The fourth-order valence-electron chi connectivity index (χ4n) is 3.59. The highest BCUT2D eigenvalue weighted by Gasteiger charge is 2.33. The third-order valence-corrected chi connectivity index (χ3v) is 4.90. The summed E-state index contributed by atoms with van der Waals surface area (Å²) >= 11 is 0. The fourth-order valence-corrected chi connectivity index (χ4v) is 3.59. The zero-order valence-electron chi connectivity index (χ0n) is 12.0. The molecular weight excluding hydrogens is 224 g/mol. The Morgan fingerprint density at radius 2 is 1.89 bits per heavy atom. The van der Waals surface area contributed by atoms with Gasteiger partial charge in [0.15, 0.2) is 0 Å². The van der Waals surface area contributed by atoms with Crippen molar-refractivity contribution in [2.24, 2.45) is 0 Å². The van der Waals surface area contributed by atoms with Crippen LogP contribution in [0.4, 0.5) is 0 Å². The van der Waals surface area contributed by atoms with Crippen molar-refractivity contribution in [3.63, 3.8) is 0 Å². The van der Waals surface area contributed by atoms with Gasteiger partial charge in [-0.2, -0.15) is 0 Å². The molecule has 1 unspecified atom stereocenters. The van der Waals surface area contributed by atoms with Crippen LogP contribution in [0, 0.1) is 0 Å². The van der Waals surface area contributed by atoms with E-state index in [1.165, 1.54) is 45.1 Å². The summed E-state index contributed by atoms with van der Waals surface area (Å²) in [4.78, 5) is 2.51. The molecule has 0 amide bonds. The van der Waals surface area contributed by atoms with E-state index >= 15 is 0 Å². The predicted octanol–water partition coefficient (Wildman–Crippen LogP) is 2.15. The second-order valence-electron chi connectivity index (χ2n) is 6.21. The highest BCUT2D eigenvalue weighted by atomic mass is 16.3. The number of nitrogens with one attached hydrogen (secondary N) is 1. The molecule has 2 aliphatic rings. The molecule has 0 aromatic carbocycles. The fraction of sp³-hybridized carbons (Fsp3) is 1.00. The van der Waals surface area contributed by atoms with Gasteiger partial charge in [-0.1, -0.05) is 26.2 Å². The summed E-state index contributed by atoms with van der Waals surface area (Å²) in [5.41, 5.74) is 0.00588. The zero-order valence-corrected chi connectivity index (χ0v) is 12.0. The number of aliphatic hydroxyl groups is 1. The van der Waals surface area contributed by atoms with Crippen LogP contribution in [0.3, 0.4) is 0 Å². The van der Waals surface area contributed by atoms with Crippen molar-refractivity contribution in [1.82, 2.24) is 10.2 Å². The van der Waals surface area contributed by atoms with E-state index in [-0.39, 0.29) is 5.54 Å². The smallest absolute Gasteiger partial charge is 0.0613 e. The van der Waals surface area contributed by atoms with Crippen molar-refractivity contribution in [1.29, 1.82) is 0 Å². The van der Waals surface area contributed by atoms with Gasteiger partial charge in [0.05, 0.1) is 6.61 Å². The van der Waals surface area contributed by atoms with Gasteiger partial charge in [0.2, 0.25) is 0 Å². The number of nitrogens with zero attached hydrogens (tertiary/aromatic N) is 1. The molecule has 1 heterocycles. The van der Waals surface area contributed by atoms with E-state index in [1.54, 1.807) is 0 Å². The lowest BCUT2D eigenvalue weighted by Gasteiger charge is -2.38. The van der Waals surface area contributed by atoms with Crippen LogP contribution in [0.15, 0.2) is 0 Å². The quantitative estimate of drug-likeness (QED) is 0.807. The van der Waals surface area contributed by atoms with Gasteiger partial charge in [0.25, 0.3) is 0 Å². The number of rotatable bonds is 4. The van der Waals surface area contributed by atoms with E-state index in [2.05, 4.69) is 17.1 Å². The molecule has 0 spiro atoms. The van der Waals surface area contributed by atoms with Crippen LogP contribution < -0.4 is 5.32 Å². The highest BCUT2D eigenvalue weighted by molar-refractivity contribution is 4.93. The molecule has 106 valence electrons. The number of hydrogen-bond donors (Lipinski definition) is 2. The van der Waals surface area contributed by atoms with E-state index in [4.69, 9.17) is 0 Å². The van der Waals surface area contributed by atoms with Crippen molar-refractivity contribution >= 4 is 0 Å². The third kappa shape index (κ3) is 3.69. The van der Waals surface area contributed by atoms with Crippen molar-refractivity contribution in [2.75, 3.05) is 26.2 Å². The van der Waals surface area contributed by atoms with Crippen molar-refractivity contribution in [2.45, 2.75) is 69.9 Å². The van der Waals surface area contributed by atoms with Crippen molar-refractivity contribution in [3.05, 3.63) is 0 Å². The average molecular weight is 254 g/mol. The molecule has 2 fully saturated rings. The molecule has 3 nitrogen and oxygen atoms in total. The molecule has 18 heavy (non-hydrogen) atoms. The number of hydrogen-bond acceptors (Lipinski definition) is 3. The molecule has 1 saturated carbocycles. The van der Waals surface area contributed by atoms with E-state index in [0.29, 0.717) is 12.6 Å². The van der Waals surface area contributed by atoms with Gasteiger partial charge in [0.1, 0.15) is 0 Å². The summed E-state index contributed by atoms with van der Waals surface area (Å²) in [6.07, 6.45) is 10.2. The summed E-state index contributed by atoms with van der Waals surface area (Å²) in [7, 11) is 0. The van der Waals surface area contributed by atoms with Crippen LogP contribution in [-0.4, -0.2) is 47.8 Å². The monoisotopic (exact) mass is 254 g/mol. The molecule has 1 aliphatic heterocycles. The summed E-state index contributed by atoms with van der Waals surface area (Å²) < 4.78 is 0. The SMILES string of the molecule is CCN1CCCC(CO)(NC2CCCCC2)CC1. The number of likely N-dealkylation sites (tertiary alicyclic amines) is 1. The van der Waals surface area contributed by atoms with Gasteiger partial charge in [-0.3, -0.25) is 0 Å². The molecule has 2 rings (SSSR count). The van der Waals surface area contributed by atoms with Gasteiger partial charge in [-0.15, -0.1) is 0 Å². The summed E-state index contributed by atoms with van der Waals surface area (Å²) in [5.74, 6) is 0. The first-order chi connectivity index (χ1) is 8.78. The van der Waals surface area contributed by atoms with E-state index in [1.807, 2.05) is 0 Å². The molecular formula is C15H30N2O. The molecule has 1 aliphatic carbocycles. The first kappa shape index (κ1) is 14.3. The second-order valence-corrected chi connectivity index (χ2v) is 6.21. The first-order valence-electron chi connectivity index (χ1n) is 7.89. The zero-order chi connectivity index (χ0) is 12.8. The maximum Gasteiger partial charge on any atom is 0.0613 e. The summed E-state index contributed by atoms with van der Waals surface area (Å²) in [5, 5.41) is 13.7. The number of aliphatic hydroxyl groups excluding tert-OH is 1. The van der Waals surface area contributed by atoms with E-state index in [0.717, 1.165) is 25.9 Å². The molecule has 0 bridgehead atoms. The van der Waals surface area contributed by atoms with Crippen LogP contribution >= 0.6 is 0 Å². The van der Waals surface area contributed by atoms with Crippen LogP contribution in [-0.2, 0) is 0 Å². The van der Waals surface area contributed by atoms with Crippen LogP contribution in [0.1, 0.15) is 58.3 Å². The molecule has 1 saturated heterocycles. The molecule has 0 aromatic rings. The minimum absolute atomic E-state index is 0.00588. The molecule has 2 N–H and O–H groups in total. The Morgan fingerprint density at radius 1 is 1.11 bits per heavy atom. The standard InChI is InChI=1S/C15H30N2O/c1-2-17-11-6-9-15(13-18,10-12-17)16-14-7-4-3-5-8-14/h14,16,18H,2-13H2,1H3. The Balaban J connectivity index is 1.91. The summed E-state index contributed by atoms with van der Waals surface area (Å²) in [6, 6.07) is 0.652. The highest BCUT2D eigenvalue weighted by Crippen LogP contribution is 2.26. The third-order valence-electron chi connectivity index (χ3n) is 4.90. The molecule has 0 radical (unpaired) electrons. The lowest BCUT2D eigenvalue weighted by molar-refractivity contribution is 0.121. The Kier molecular flexibility index (Phi) is 5.46. The molecule has 3 heteroatoms. The van der Waals surface area contributed by atoms with Gasteiger partial charge in [-0.05, 0) is 51.7 Å². The largest absolute Gasteiger partial charge is 0.394 e. The molecule has 1 atom stereocenters. The summed E-state index contributed by atoms with van der Waals surface area (Å²) in [6.45, 7) is 6.02. The van der Waals surface area contributed by atoms with Gasteiger partial charge in [0, 0.05) is 11.6 Å². The normalized spacial score (nSPS) is 32.3. The van der Waals surface area contributed by atoms with Gasteiger partial charge in [-0.25, -0.2) is 0 Å². The lowest BCUT2D eigenvalue weighted by atomic mass is 9.87. The maximum atomic E-state index is 9.88. The lowest BCUT2D eigenvalue weighted by Crippen LogP contribution is -2.54. The topological polar surface area (TPSA) is 35.5 Å². The van der Waals surface area contributed by atoms with Gasteiger partial charge < -0.3 is 15.3 Å². The minimum atomic E-state index is 0.00588. The van der Waals surface area contributed by atoms with Crippen molar-refractivity contribution in [3.8, 4) is 0 Å². The van der Waals surface area contributed by atoms with E-state index in [9.17, 15) is 5.11 Å². The Labute approximate surface area is 112 Å². The van der Waals surface area contributed by atoms with Crippen LogP contribution in [0.25, 0.3) is 0 Å². The van der Waals surface area contributed by atoms with Gasteiger partial charge >= 0.3 is 0 Å². The van der Waals surface area contributed by atoms with Crippen LogP contribution in [0.2, 0.25) is 0 Å². The second kappa shape index (κ2) is 6.88. The Bertz CT molecular complexity index is 241. The molecule has 0 aromatic heterocycles. The van der Waals surface area contributed by atoms with E-state index < -0.39 is 0 Å². The Morgan fingerprint density at radius 3 is 2.56 bits per heavy atom. The average Bonchev–Trinajstić information content (AvgIpc) is 2.63. The van der Waals surface area contributed by atoms with Crippen molar-refractivity contribution < 1.29 is 5.11 Å². The maximum absolute atomic E-state index is 9.88. The Hall–Kier alpha value is -0.120. The predicted molar refractivity (Wildman–Crippen MR) is 75.8 cm³/mol. The first-order valence-corrected chi connectivity index (χ1v) is 7.89. The van der Waals surface area contributed by atoms with Crippen LogP contribution in [0.5, 0.6) is 0 Å².